The first-order valence-electron chi connectivity index (χ1n) is 9.61. The van der Waals surface area contributed by atoms with E-state index in [0.717, 1.165) is 17.7 Å². The van der Waals surface area contributed by atoms with Crippen molar-refractivity contribution in [2.24, 2.45) is 0 Å². The molecule has 24 heavy (non-hydrogen) atoms. The molecule has 2 N–H and O–H groups in total. The molecule has 0 unspecified atom stereocenters. The highest BCUT2D eigenvalue weighted by atomic mass is 16.3. The van der Waals surface area contributed by atoms with E-state index in [9.17, 15) is 5.11 Å². The van der Waals surface area contributed by atoms with Crippen LogP contribution in [0.1, 0.15) is 95.9 Å². The van der Waals surface area contributed by atoms with Gasteiger partial charge in [0.2, 0.25) is 0 Å². The molecule has 0 saturated heterocycles. The van der Waals surface area contributed by atoms with Crippen LogP contribution in [-0.2, 0) is 17.4 Å². The predicted molar refractivity (Wildman–Crippen MR) is 104 cm³/mol. The molecular formula is C22H37NO. The lowest BCUT2D eigenvalue weighted by molar-refractivity contribution is 0.366. The number of aromatic hydroxyl groups is 1. The summed E-state index contributed by atoms with van der Waals surface area (Å²) >= 11 is 0. The summed E-state index contributed by atoms with van der Waals surface area (Å²) in [5.74, 6) is 0.497. The number of benzene rings is 1. The first-order valence-corrected chi connectivity index (χ1v) is 9.61. The fourth-order valence-electron chi connectivity index (χ4n) is 3.94. The predicted octanol–water partition coefficient (Wildman–Crippen LogP) is 5.72. The molecule has 2 heteroatoms. The van der Waals surface area contributed by atoms with Gasteiger partial charge in [-0.15, -0.1) is 0 Å². The number of rotatable bonds is 3. The Balaban J connectivity index is 2.40. The van der Waals surface area contributed by atoms with E-state index in [1.807, 2.05) is 0 Å². The van der Waals surface area contributed by atoms with Crippen LogP contribution in [0.15, 0.2) is 6.07 Å². The first kappa shape index (κ1) is 19.3. The standard InChI is InChI=1S/C22H37NO/c1-15-17(14-23-16-11-9-8-10-12-16)20(24)19(22(5,6)7)13-18(15)21(2,3)4/h13,16,23-24H,8-12,14H2,1-7H3. The average molecular weight is 332 g/mol. The van der Waals surface area contributed by atoms with E-state index < -0.39 is 0 Å². The lowest BCUT2D eigenvalue weighted by atomic mass is 9.76. The summed E-state index contributed by atoms with van der Waals surface area (Å²) in [5.41, 5.74) is 4.78. The second-order valence-corrected chi connectivity index (χ2v) is 9.64. The Bertz CT molecular complexity index is 531. The van der Waals surface area contributed by atoms with Crippen LogP contribution in [0.2, 0.25) is 0 Å². The highest BCUT2D eigenvalue weighted by molar-refractivity contribution is 5.53. The molecule has 0 aromatic heterocycles. The highest BCUT2D eigenvalue weighted by Crippen LogP contribution is 2.40. The Morgan fingerprint density at radius 3 is 2.00 bits per heavy atom. The minimum atomic E-state index is -0.0582. The molecule has 1 fully saturated rings. The molecule has 1 aromatic rings. The smallest absolute Gasteiger partial charge is 0.124 e. The monoisotopic (exact) mass is 331 g/mol. The summed E-state index contributed by atoms with van der Waals surface area (Å²) in [5, 5.41) is 14.7. The van der Waals surface area contributed by atoms with Crippen molar-refractivity contribution in [3.63, 3.8) is 0 Å². The molecule has 1 aromatic carbocycles. The minimum absolute atomic E-state index is 0.0582. The van der Waals surface area contributed by atoms with Crippen LogP contribution in [0.25, 0.3) is 0 Å². The van der Waals surface area contributed by atoms with E-state index in [4.69, 9.17) is 0 Å². The molecular weight excluding hydrogens is 294 g/mol. The summed E-state index contributed by atoms with van der Waals surface area (Å²) in [4.78, 5) is 0. The topological polar surface area (TPSA) is 32.3 Å². The Kier molecular flexibility index (Phi) is 5.69. The largest absolute Gasteiger partial charge is 0.507 e. The highest BCUT2D eigenvalue weighted by Gasteiger charge is 2.27. The maximum atomic E-state index is 11.0. The van der Waals surface area contributed by atoms with Gasteiger partial charge in [0.05, 0.1) is 0 Å². The molecule has 0 amide bonds. The van der Waals surface area contributed by atoms with Gasteiger partial charge < -0.3 is 10.4 Å². The van der Waals surface area contributed by atoms with E-state index in [0.29, 0.717) is 11.8 Å². The van der Waals surface area contributed by atoms with Crippen molar-refractivity contribution in [3.8, 4) is 5.75 Å². The summed E-state index contributed by atoms with van der Waals surface area (Å²) in [6.07, 6.45) is 6.57. The molecule has 0 spiro atoms. The number of hydrogen-bond acceptors (Lipinski definition) is 2. The van der Waals surface area contributed by atoms with Gasteiger partial charge in [-0.05, 0) is 47.3 Å². The van der Waals surface area contributed by atoms with Gasteiger partial charge >= 0.3 is 0 Å². The summed E-state index contributed by atoms with van der Waals surface area (Å²) < 4.78 is 0. The fourth-order valence-corrected chi connectivity index (χ4v) is 3.94. The molecule has 2 rings (SSSR count). The van der Waals surface area contributed by atoms with Crippen LogP contribution < -0.4 is 5.32 Å². The normalized spacial score (nSPS) is 17.3. The molecule has 1 aliphatic rings. The Morgan fingerprint density at radius 1 is 0.958 bits per heavy atom. The molecule has 2 nitrogen and oxygen atoms in total. The fraction of sp³-hybridized carbons (Fsp3) is 0.727. The van der Waals surface area contributed by atoms with Crippen LogP contribution in [0.4, 0.5) is 0 Å². The number of hydrogen-bond donors (Lipinski definition) is 2. The van der Waals surface area contributed by atoms with Gasteiger partial charge in [0.25, 0.3) is 0 Å². The van der Waals surface area contributed by atoms with Gasteiger partial charge in [-0.3, -0.25) is 0 Å². The molecule has 1 aliphatic carbocycles. The van der Waals surface area contributed by atoms with Crippen LogP contribution in [0.3, 0.4) is 0 Å². The van der Waals surface area contributed by atoms with Gasteiger partial charge in [0.15, 0.2) is 0 Å². The van der Waals surface area contributed by atoms with E-state index in [2.05, 4.69) is 59.8 Å². The molecule has 0 radical (unpaired) electrons. The summed E-state index contributed by atoms with van der Waals surface area (Å²) in [6.45, 7) is 16.3. The Labute approximate surface area is 149 Å². The van der Waals surface area contributed by atoms with E-state index in [1.165, 1.54) is 43.2 Å². The van der Waals surface area contributed by atoms with Crippen molar-refractivity contribution >= 4 is 0 Å². The second-order valence-electron chi connectivity index (χ2n) is 9.64. The zero-order chi connectivity index (χ0) is 18.1. The van der Waals surface area contributed by atoms with Gasteiger partial charge in [-0.1, -0.05) is 66.9 Å². The Morgan fingerprint density at radius 2 is 1.50 bits per heavy atom. The van der Waals surface area contributed by atoms with Gasteiger partial charge in [-0.25, -0.2) is 0 Å². The second kappa shape index (κ2) is 7.07. The maximum Gasteiger partial charge on any atom is 0.124 e. The number of phenolic OH excluding ortho intramolecular Hbond substituents is 1. The van der Waals surface area contributed by atoms with Gasteiger partial charge in [0.1, 0.15) is 5.75 Å². The van der Waals surface area contributed by atoms with Gasteiger partial charge in [-0.2, -0.15) is 0 Å². The van der Waals surface area contributed by atoms with Crippen LogP contribution >= 0.6 is 0 Å². The van der Waals surface area contributed by atoms with Gasteiger partial charge in [0, 0.05) is 18.2 Å². The van der Waals surface area contributed by atoms with Crippen molar-refractivity contribution in [2.75, 3.05) is 0 Å². The van der Waals surface area contributed by atoms with Crippen molar-refractivity contribution < 1.29 is 5.11 Å². The minimum Gasteiger partial charge on any atom is -0.507 e. The SMILES string of the molecule is Cc1c(C(C)(C)C)cc(C(C)(C)C)c(O)c1CNC1CCCCC1. The van der Waals surface area contributed by atoms with Crippen molar-refractivity contribution in [3.05, 3.63) is 28.3 Å². The molecule has 0 bridgehead atoms. The zero-order valence-electron chi connectivity index (χ0n) is 16.8. The lowest BCUT2D eigenvalue weighted by Crippen LogP contribution is -2.31. The summed E-state index contributed by atoms with van der Waals surface area (Å²) in [6, 6.07) is 2.84. The van der Waals surface area contributed by atoms with E-state index in [-0.39, 0.29) is 10.8 Å². The lowest BCUT2D eigenvalue weighted by Gasteiger charge is -2.31. The molecule has 0 atom stereocenters. The van der Waals surface area contributed by atoms with Crippen LogP contribution in [-0.4, -0.2) is 11.1 Å². The van der Waals surface area contributed by atoms with E-state index >= 15 is 0 Å². The molecule has 1 saturated carbocycles. The molecule has 0 heterocycles. The van der Waals surface area contributed by atoms with E-state index in [1.54, 1.807) is 0 Å². The summed E-state index contributed by atoms with van der Waals surface area (Å²) in [7, 11) is 0. The van der Waals surface area contributed by atoms with Crippen molar-refractivity contribution in [1.82, 2.24) is 5.32 Å². The van der Waals surface area contributed by atoms with Crippen LogP contribution in [0.5, 0.6) is 5.75 Å². The first-order chi connectivity index (χ1) is 11.0. The third-order valence-electron chi connectivity index (χ3n) is 5.48. The number of nitrogens with one attached hydrogen (secondary N) is 1. The maximum absolute atomic E-state index is 11.0. The third kappa shape index (κ3) is 4.33. The van der Waals surface area contributed by atoms with Crippen LogP contribution in [0, 0.1) is 6.92 Å². The average Bonchev–Trinajstić information content (AvgIpc) is 2.45. The third-order valence-corrected chi connectivity index (χ3v) is 5.48. The quantitative estimate of drug-likeness (QED) is 0.742. The van der Waals surface area contributed by atoms with Crippen molar-refractivity contribution in [2.45, 2.75) is 104 Å². The Hall–Kier alpha value is -1.02. The molecule has 0 aliphatic heterocycles. The number of phenols is 1. The zero-order valence-corrected chi connectivity index (χ0v) is 16.8. The van der Waals surface area contributed by atoms with Crippen molar-refractivity contribution in [1.29, 1.82) is 0 Å². The molecule has 136 valence electrons.